The van der Waals surface area contributed by atoms with E-state index in [9.17, 15) is 13.2 Å². The fourth-order valence-corrected chi connectivity index (χ4v) is 4.07. The van der Waals surface area contributed by atoms with E-state index in [1.165, 1.54) is 19.2 Å². The summed E-state index contributed by atoms with van der Waals surface area (Å²) in [6.45, 7) is 1.61. The van der Waals surface area contributed by atoms with E-state index in [0.717, 1.165) is 6.07 Å². The predicted molar refractivity (Wildman–Crippen MR) is 100 cm³/mol. The molecule has 1 aromatic heterocycles. The molecule has 0 unspecified atom stereocenters. The van der Waals surface area contributed by atoms with Crippen LogP contribution in [0.1, 0.15) is 16.1 Å². The second kappa shape index (κ2) is 7.42. The Balaban J connectivity index is 2.04. The lowest BCUT2D eigenvalue weighted by Crippen LogP contribution is -2.15. The zero-order chi connectivity index (χ0) is 19.6. The molecule has 0 spiro atoms. The van der Waals surface area contributed by atoms with Gasteiger partial charge in [0, 0.05) is 5.56 Å². The maximum atomic E-state index is 12.9. The molecule has 27 heavy (non-hydrogen) atoms. The Bertz CT molecular complexity index is 1090. The number of nitrogens with one attached hydrogen (secondary N) is 1. The highest BCUT2D eigenvalue weighted by molar-refractivity contribution is 7.92. The summed E-state index contributed by atoms with van der Waals surface area (Å²) in [5.41, 5.74) is 1.27. The first-order valence-electron chi connectivity index (χ1n) is 7.76. The minimum atomic E-state index is -4.12. The smallest absolute Gasteiger partial charge is 0.337 e. The van der Waals surface area contributed by atoms with Gasteiger partial charge in [-0.25, -0.2) is 13.2 Å². The van der Waals surface area contributed by atoms with E-state index in [4.69, 9.17) is 16.1 Å². The summed E-state index contributed by atoms with van der Waals surface area (Å²) in [6.07, 6.45) is 0. The second-order valence-corrected chi connectivity index (χ2v) is 7.64. The number of carbonyl (C=O) groups excluding carboxylic acids is 1. The quantitative estimate of drug-likeness (QED) is 0.645. The van der Waals surface area contributed by atoms with E-state index >= 15 is 0 Å². The molecular formula is C18H15ClN2O5S. The number of hydrogen-bond acceptors (Lipinski definition) is 6. The summed E-state index contributed by atoms with van der Waals surface area (Å²) >= 11 is 6.06. The largest absolute Gasteiger partial charge is 0.465 e. The van der Waals surface area contributed by atoms with E-state index in [1.807, 2.05) is 6.07 Å². The van der Waals surface area contributed by atoms with Gasteiger partial charge in [0.1, 0.15) is 16.3 Å². The second-order valence-electron chi connectivity index (χ2n) is 5.58. The monoisotopic (exact) mass is 406 g/mol. The van der Waals surface area contributed by atoms with Gasteiger partial charge >= 0.3 is 5.97 Å². The van der Waals surface area contributed by atoms with Crippen molar-refractivity contribution in [1.29, 1.82) is 0 Å². The van der Waals surface area contributed by atoms with Crippen molar-refractivity contribution in [2.45, 2.75) is 11.8 Å². The Hall–Kier alpha value is -2.84. The van der Waals surface area contributed by atoms with E-state index in [2.05, 4.69) is 14.6 Å². The normalized spacial score (nSPS) is 11.2. The number of anilines is 1. The number of sulfonamides is 1. The van der Waals surface area contributed by atoms with Crippen molar-refractivity contribution >= 4 is 33.3 Å². The van der Waals surface area contributed by atoms with Crippen molar-refractivity contribution in [2.75, 3.05) is 11.8 Å². The van der Waals surface area contributed by atoms with Gasteiger partial charge in [-0.05, 0) is 25.1 Å². The first-order valence-corrected chi connectivity index (χ1v) is 9.62. The van der Waals surface area contributed by atoms with Gasteiger partial charge in [0.05, 0.1) is 17.7 Å². The fraction of sp³-hybridized carbons (Fsp3) is 0.111. The van der Waals surface area contributed by atoms with Crippen molar-refractivity contribution in [3.05, 3.63) is 64.8 Å². The van der Waals surface area contributed by atoms with Crippen LogP contribution in [0.15, 0.2) is 57.9 Å². The van der Waals surface area contributed by atoms with E-state index in [1.54, 1.807) is 31.2 Å². The molecule has 2 aromatic carbocycles. The van der Waals surface area contributed by atoms with Gasteiger partial charge < -0.3 is 9.26 Å². The molecule has 0 amide bonds. The molecule has 140 valence electrons. The SMILES string of the molecule is COC(=O)c1ccc(Cl)c(S(=O)(=O)Nc2c(C)noc2-c2ccccc2)c1. The van der Waals surface area contributed by atoms with Gasteiger partial charge in [0.25, 0.3) is 10.0 Å². The lowest BCUT2D eigenvalue weighted by Gasteiger charge is -2.11. The van der Waals surface area contributed by atoms with Crippen molar-refractivity contribution in [3.8, 4) is 11.3 Å². The Labute approximate surface area is 160 Å². The van der Waals surface area contributed by atoms with Crippen LogP contribution in [0.3, 0.4) is 0 Å². The molecule has 1 N–H and O–H groups in total. The number of aromatic nitrogens is 1. The average Bonchev–Trinajstić information content (AvgIpc) is 3.02. The Morgan fingerprint density at radius 3 is 2.56 bits per heavy atom. The number of carbonyl (C=O) groups is 1. The van der Waals surface area contributed by atoms with Crippen molar-refractivity contribution in [1.82, 2.24) is 5.16 Å². The lowest BCUT2D eigenvalue weighted by molar-refractivity contribution is 0.0600. The summed E-state index contributed by atoms with van der Waals surface area (Å²) < 4.78 is 38.2. The molecule has 0 saturated carbocycles. The minimum absolute atomic E-state index is 0.0366. The number of nitrogens with zero attached hydrogens (tertiary/aromatic N) is 1. The van der Waals surface area contributed by atoms with Gasteiger partial charge in [0.15, 0.2) is 5.76 Å². The molecule has 0 fully saturated rings. The summed E-state index contributed by atoms with van der Waals surface area (Å²) in [4.78, 5) is 11.5. The molecule has 0 radical (unpaired) electrons. The first-order chi connectivity index (χ1) is 12.8. The molecule has 9 heteroatoms. The zero-order valence-corrected chi connectivity index (χ0v) is 16.0. The van der Waals surface area contributed by atoms with Crippen molar-refractivity contribution < 1.29 is 22.5 Å². The maximum Gasteiger partial charge on any atom is 0.337 e. The van der Waals surface area contributed by atoms with Crippen LogP contribution < -0.4 is 4.72 Å². The molecule has 1 heterocycles. The number of hydrogen-bond donors (Lipinski definition) is 1. The van der Waals surface area contributed by atoms with Crippen LogP contribution in [0, 0.1) is 6.92 Å². The maximum absolute atomic E-state index is 12.9. The minimum Gasteiger partial charge on any atom is -0.465 e. The summed E-state index contributed by atoms with van der Waals surface area (Å²) in [7, 11) is -2.92. The molecule has 0 aliphatic rings. The average molecular weight is 407 g/mol. The molecule has 0 aliphatic carbocycles. The van der Waals surface area contributed by atoms with Gasteiger partial charge in [-0.15, -0.1) is 0 Å². The highest BCUT2D eigenvalue weighted by Gasteiger charge is 2.25. The first kappa shape index (κ1) is 18.9. The number of ether oxygens (including phenoxy) is 1. The Morgan fingerprint density at radius 2 is 1.89 bits per heavy atom. The van der Waals surface area contributed by atoms with Crippen molar-refractivity contribution in [2.24, 2.45) is 0 Å². The zero-order valence-electron chi connectivity index (χ0n) is 14.4. The Kier molecular flexibility index (Phi) is 5.20. The van der Waals surface area contributed by atoms with Crippen LogP contribution in [0.2, 0.25) is 5.02 Å². The molecule has 0 bridgehead atoms. The van der Waals surface area contributed by atoms with Gasteiger partial charge in [-0.2, -0.15) is 0 Å². The molecule has 0 saturated heterocycles. The number of esters is 1. The van der Waals surface area contributed by atoms with Crippen LogP contribution in [0.4, 0.5) is 5.69 Å². The van der Waals surface area contributed by atoms with Gasteiger partial charge in [-0.3, -0.25) is 4.72 Å². The third kappa shape index (κ3) is 3.81. The third-order valence-electron chi connectivity index (χ3n) is 3.78. The van der Waals surface area contributed by atoms with Crippen LogP contribution in [0.5, 0.6) is 0 Å². The van der Waals surface area contributed by atoms with Gasteiger partial charge in [0.2, 0.25) is 0 Å². The highest BCUT2D eigenvalue weighted by atomic mass is 35.5. The molecular weight excluding hydrogens is 392 g/mol. The molecule has 0 aliphatic heterocycles. The summed E-state index contributed by atoms with van der Waals surface area (Å²) in [5.74, 6) is -0.397. The highest BCUT2D eigenvalue weighted by Crippen LogP contribution is 2.33. The predicted octanol–water partition coefficient (Wildman–Crippen LogP) is 3.89. The van der Waals surface area contributed by atoms with E-state index in [0.29, 0.717) is 11.3 Å². The molecule has 0 atom stereocenters. The van der Waals surface area contributed by atoms with Crippen LogP contribution in [0.25, 0.3) is 11.3 Å². The summed E-state index contributed by atoms with van der Waals surface area (Å²) in [6, 6.07) is 12.8. The van der Waals surface area contributed by atoms with E-state index < -0.39 is 16.0 Å². The number of methoxy groups -OCH3 is 1. The van der Waals surface area contributed by atoms with Crippen LogP contribution in [-0.2, 0) is 14.8 Å². The van der Waals surface area contributed by atoms with Crippen LogP contribution in [-0.4, -0.2) is 26.7 Å². The number of halogens is 1. The Morgan fingerprint density at radius 1 is 1.19 bits per heavy atom. The molecule has 3 rings (SSSR count). The molecule has 3 aromatic rings. The summed E-state index contributed by atoms with van der Waals surface area (Å²) in [5, 5.41) is 3.81. The topological polar surface area (TPSA) is 98.5 Å². The fourth-order valence-electron chi connectivity index (χ4n) is 2.42. The molecule has 7 nitrogen and oxygen atoms in total. The number of aryl methyl sites for hydroxylation is 1. The van der Waals surface area contributed by atoms with E-state index in [-0.39, 0.29) is 26.9 Å². The number of benzene rings is 2. The standard InChI is InChI=1S/C18H15ClN2O5S/c1-11-16(17(26-20-11)12-6-4-3-5-7-12)21-27(23,24)15-10-13(18(22)25-2)8-9-14(15)19/h3-10,21H,1-2H3. The number of rotatable bonds is 5. The van der Waals surface area contributed by atoms with Gasteiger partial charge in [-0.1, -0.05) is 47.1 Å². The van der Waals surface area contributed by atoms with Crippen LogP contribution >= 0.6 is 11.6 Å². The van der Waals surface area contributed by atoms with Crippen molar-refractivity contribution in [3.63, 3.8) is 0 Å². The third-order valence-corrected chi connectivity index (χ3v) is 5.61. The lowest BCUT2D eigenvalue weighted by atomic mass is 10.1.